The van der Waals surface area contributed by atoms with Crippen molar-refractivity contribution in [2.45, 2.75) is 64.4 Å². The van der Waals surface area contributed by atoms with Gasteiger partial charge >= 0.3 is 7.80 Å². The summed E-state index contributed by atoms with van der Waals surface area (Å²) >= 11 is 0. The smallest absolute Gasteiger partial charge is 0.0919 e. The van der Waals surface area contributed by atoms with Crippen LogP contribution in [0.1, 0.15) is 48.5 Å². The van der Waals surface area contributed by atoms with Gasteiger partial charge in [-0.25, -0.2) is 0 Å². The van der Waals surface area contributed by atoms with E-state index in [0.717, 1.165) is 11.0 Å². The van der Waals surface area contributed by atoms with Crippen molar-refractivity contribution < 1.29 is 21.6 Å². The molecule has 30 heavy (non-hydrogen) atoms. The van der Waals surface area contributed by atoms with Gasteiger partial charge in [0.15, 0.2) is 5.30 Å². The summed E-state index contributed by atoms with van der Waals surface area (Å²) < 4.78 is 13.1. The molecule has 4 heteroatoms. The van der Waals surface area contributed by atoms with Gasteiger partial charge < -0.3 is 0 Å². The van der Waals surface area contributed by atoms with Crippen molar-refractivity contribution in [1.82, 2.24) is 0 Å². The van der Waals surface area contributed by atoms with Crippen molar-refractivity contribution in [2.75, 3.05) is 0 Å². The Morgan fingerprint density at radius 1 is 0.767 bits per heavy atom. The molecular formula is C26H35FeOP2+. The average Bonchev–Trinajstić information content (AvgIpc) is 3.33. The van der Waals surface area contributed by atoms with E-state index in [1.165, 1.54) is 5.92 Å². The van der Waals surface area contributed by atoms with Crippen LogP contribution in [-0.4, -0.2) is 16.0 Å². The minimum Gasteiger partial charge on any atom is -0.0919 e. The van der Waals surface area contributed by atoms with Gasteiger partial charge in [0.2, 0.25) is 5.66 Å². The van der Waals surface area contributed by atoms with Crippen molar-refractivity contribution in [3.63, 3.8) is 0 Å². The maximum absolute atomic E-state index is 13.1. The molecule has 2 aliphatic carbocycles. The van der Waals surface area contributed by atoms with E-state index in [-0.39, 0.29) is 35.3 Å². The van der Waals surface area contributed by atoms with Crippen molar-refractivity contribution in [3.8, 4) is 0 Å². The predicted octanol–water partition coefficient (Wildman–Crippen LogP) is 7.36. The summed E-state index contributed by atoms with van der Waals surface area (Å²) in [6.45, 7) is 16.4. The summed E-state index contributed by atoms with van der Waals surface area (Å²) in [5.41, 5.74) is 1.44. The third-order valence-electron chi connectivity index (χ3n) is 4.87. The first kappa shape index (κ1) is 28.3. The second-order valence-corrected chi connectivity index (χ2v) is 15.1. The second kappa shape index (κ2) is 12.5. The van der Waals surface area contributed by atoms with Gasteiger partial charge in [-0.05, 0) is 73.0 Å². The molecular weight excluding hydrogens is 446 g/mol. The van der Waals surface area contributed by atoms with Crippen LogP contribution in [0.15, 0.2) is 30.3 Å². The third-order valence-corrected chi connectivity index (χ3v) is 10.4. The minimum atomic E-state index is -1.52. The van der Waals surface area contributed by atoms with Crippen LogP contribution in [0.4, 0.5) is 0 Å². The molecule has 10 radical (unpaired) electrons. The fraction of sp³-hybridized carbons (Fsp3) is 0.385. The van der Waals surface area contributed by atoms with Gasteiger partial charge in [0, 0.05) is 29.4 Å². The van der Waals surface area contributed by atoms with E-state index >= 15 is 0 Å². The third kappa shape index (κ3) is 8.00. The Labute approximate surface area is 200 Å². The molecule has 0 saturated heterocycles. The van der Waals surface area contributed by atoms with Crippen LogP contribution in [0.25, 0.3) is 0 Å². The van der Waals surface area contributed by atoms with Crippen molar-refractivity contribution in [2.24, 2.45) is 0 Å². The Morgan fingerprint density at radius 2 is 1.23 bits per heavy atom. The first-order valence-corrected chi connectivity index (χ1v) is 12.9. The van der Waals surface area contributed by atoms with E-state index < -0.39 is 7.80 Å². The zero-order valence-electron chi connectivity index (χ0n) is 19.2. The van der Waals surface area contributed by atoms with Crippen molar-refractivity contribution in [1.29, 1.82) is 0 Å². The predicted molar refractivity (Wildman–Crippen MR) is 130 cm³/mol. The number of hydrogen-bond donors (Lipinski definition) is 0. The first-order valence-electron chi connectivity index (χ1n) is 10.3. The molecule has 0 N–H and O–H groups in total. The fourth-order valence-electron chi connectivity index (χ4n) is 4.29. The number of hydrogen-bond acceptors (Lipinski definition) is 1. The summed E-state index contributed by atoms with van der Waals surface area (Å²) in [6.07, 6.45) is 16.3. The molecule has 1 aromatic carbocycles. The molecule has 0 bridgehead atoms. The van der Waals surface area contributed by atoms with Gasteiger partial charge in [0.1, 0.15) is 0 Å². The first-order chi connectivity index (χ1) is 13.5. The summed E-state index contributed by atoms with van der Waals surface area (Å²) in [5.74, 6) is 1.27. The van der Waals surface area contributed by atoms with Crippen molar-refractivity contribution >= 4 is 21.0 Å². The molecule has 1 aromatic rings. The van der Waals surface area contributed by atoms with Crippen LogP contribution in [-0.2, 0) is 21.6 Å². The summed E-state index contributed by atoms with van der Waals surface area (Å²) in [5, 5.41) is 1.42. The Kier molecular flexibility index (Phi) is 11.8. The van der Waals surface area contributed by atoms with Gasteiger partial charge in [-0.1, -0.05) is 79.2 Å². The van der Waals surface area contributed by atoms with E-state index in [1.54, 1.807) is 0 Å². The number of benzene rings is 1. The van der Waals surface area contributed by atoms with E-state index in [2.05, 4.69) is 67.7 Å². The zero-order valence-corrected chi connectivity index (χ0v) is 22.1. The van der Waals surface area contributed by atoms with Gasteiger partial charge in [-0.2, -0.15) is 0 Å². The monoisotopic (exact) mass is 481 g/mol. The molecule has 2 aliphatic rings. The summed E-state index contributed by atoms with van der Waals surface area (Å²) in [4.78, 5) is 0. The SMILES string of the molecule is C[C@@H]([C]1[CH][CH][CH][C]1[P+](=O)c1ccccc1)P(C(C)(C)C)C(C)(C)C.[CH]1[CH][CH][CH][CH]1.[Fe]. The largest absolute Gasteiger partial charge is 0.389 e. The molecule has 0 heterocycles. The Morgan fingerprint density at radius 3 is 1.67 bits per heavy atom. The summed E-state index contributed by atoms with van der Waals surface area (Å²) in [7, 11) is -1.82. The van der Waals surface area contributed by atoms with Crippen molar-refractivity contribution in [3.05, 3.63) is 93.3 Å². The molecule has 162 valence electrons. The van der Waals surface area contributed by atoms with Crippen LogP contribution in [0, 0.1) is 62.9 Å². The molecule has 0 amide bonds. The molecule has 2 atom stereocenters. The Hall–Kier alpha value is 0.269. The van der Waals surface area contributed by atoms with Gasteiger partial charge in [0.25, 0.3) is 0 Å². The maximum atomic E-state index is 13.1. The van der Waals surface area contributed by atoms with Gasteiger partial charge in [0.05, 0.1) is 0 Å². The van der Waals surface area contributed by atoms with Crippen LogP contribution in [0.3, 0.4) is 0 Å². The second-order valence-electron chi connectivity index (χ2n) is 9.35. The molecule has 2 saturated carbocycles. The Bertz CT molecular complexity index is 607. The van der Waals surface area contributed by atoms with Crippen LogP contribution >= 0.6 is 15.7 Å². The topological polar surface area (TPSA) is 17.1 Å². The van der Waals surface area contributed by atoms with E-state index in [1.807, 2.05) is 62.4 Å². The maximum Gasteiger partial charge on any atom is 0.389 e. The molecule has 0 aromatic heterocycles. The van der Waals surface area contributed by atoms with E-state index in [4.69, 9.17) is 0 Å². The molecule has 2 fully saturated rings. The average molecular weight is 481 g/mol. The zero-order chi connectivity index (χ0) is 21.7. The summed E-state index contributed by atoms with van der Waals surface area (Å²) in [6, 6.07) is 9.84. The molecule has 1 nitrogen and oxygen atoms in total. The number of rotatable bonds is 4. The Balaban J connectivity index is 0.000000655. The van der Waals surface area contributed by atoms with E-state index in [0.29, 0.717) is 5.66 Å². The fourth-order valence-corrected chi connectivity index (χ4v) is 10.7. The van der Waals surface area contributed by atoms with Gasteiger partial charge in [-0.15, -0.1) is 0 Å². The molecule has 1 unspecified atom stereocenters. The standard InChI is InChI=1S/C21H30OP2.C5H5.Fe/c1-16(24(20(2,3)4)21(5,6)7)18-14-11-15-19(18)23(22)17-12-9-8-10-13-17;1-2-4-5-3-1;/h8-16H,1-7H3;1-5H;/q+1;;/t16-;;/m0../s1. The molecule has 3 rings (SSSR count). The van der Waals surface area contributed by atoms with Crippen LogP contribution in [0.5, 0.6) is 0 Å². The van der Waals surface area contributed by atoms with Crippen LogP contribution < -0.4 is 5.30 Å². The quantitative estimate of drug-likeness (QED) is 0.325. The molecule has 0 aliphatic heterocycles. The normalized spacial score (nSPS) is 19.8. The van der Waals surface area contributed by atoms with Gasteiger partial charge in [-0.3, -0.25) is 0 Å². The van der Waals surface area contributed by atoms with Crippen LogP contribution in [0.2, 0.25) is 0 Å². The molecule has 0 spiro atoms. The van der Waals surface area contributed by atoms with E-state index in [9.17, 15) is 4.57 Å². The minimum absolute atomic E-state index is 0.